The lowest BCUT2D eigenvalue weighted by Gasteiger charge is -2.37. The average molecular weight is 460 g/mol. The Kier molecular flexibility index (Phi) is 10.9. The quantitative estimate of drug-likeness (QED) is 0.371. The van der Waals surface area contributed by atoms with Crippen LogP contribution in [0.4, 0.5) is 0 Å². The molecule has 2 nitrogen and oxygen atoms in total. The van der Waals surface area contributed by atoms with Gasteiger partial charge in [0.2, 0.25) is 0 Å². The van der Waals surface area contributed by atoms with Gasteiger partial charge in [-0.2, -0.15) is 5.26 Å². The maximum Gasteiger partial charge on any atom is 0.0587 e. The second kappa shape index (κ2) is 13.1. The van der Waals surface area contributed by atoms with Crippen molar-refractivity contribution in [1.29, 1.82) is 5.26 Å². The molecule has 2 aromatic rings. The van der Waals surface area contributed by atoms with Gasteiger partial charge in [-0.15, -0.1) is 23.2 Å². The number of rotatable bonds is 9. The van der Waals surface area contributed by atoms with E-state index >= 15 is 0 Å². The van der Waals surface area contributed by atoms with Gasteiger partial charge in [-0.1, -0.05) is 54.6 Å². The Hall–Kier alpha value is -1.53. The van der Waals surface area contributed by atoms with Gasteiger partial charge in [-0.05, 0) is 63.1 Å². The molecular weight excluding hydrogens is 423 g/mol. The van der Waals surface area contributed by atoms with Gasteiger partial charge >= 0.3 is 0 Å². The molecule has 1 aliphatic carbocycles. The predicted octanol–water partition coefficient (Wildman–Crippen LogP) is 7.19. The van der Waals surface area contributed by atoms with Crippen LogP contribution in [0.2, 0.25) is 0 Å². The van der Waals surface area contributed by atoms with Crippen molar-refractivity contribution in [3.05, 3.63) is 71.3 Å². The summed E-state index contributed by atoms with van der Waals surface area (Å²) in [6.45, 7) is 9.52. The summed E-state index contributed by atoms with van der Waals surface area (Å²) in [4.78, 5) is 2.63. The van der Waals surface area contributed by atoms with Crippen LogP contribution >= 0.6 is 23.2 Å². The van der Waals surface area contributed by atoms with E-state index in [2.05, 4.69) is 80.3 Å². The van der Waals surface area contributed by atoms with Gasteiger partial charge < -0.3 is 0 Å². The molecule has 4 unspecified atom stereocenters. The number of aryl methyl sites for hydroxylation is 1. The molecule has 0 saturated heterocycles. The molecule has 2 aromatic carbocycles. The van der Waals surface area contributed by atoms with Gasteiger partial charge in [-0.25, -0.2) is 0 Å². The normalized spacial score (nSPS) is 21.1. The van der Waals surface area contributed by atoms with Gasteiger partial charge in [0.05, 0.1) is 16.8 Å². The first-order valence-electron chi connectivity index (χ1n) is 11.3. The summed E-state index contributed by atoms with van der Waals surface area (Å²) in [6, 6.07) is 22.7. The molecule has 4 heteroatoms. The number of hydrogen-bond donors (Lipinski definition) is 0. The minimum absolute atomic E-state index is 0.0803. The van der Waals surface area contributed by atoms with Crippen LogP contribution < -0.4 is 0 Å². The molecule has 0 aromatic heterocycles. The lowest BCUT2D eigenvalue weighted by Crippen LogP contribution is -2.40. The van der Waals surface area contributed by atoms with Crippen LogP contribution in [0.3, 0.4) is 0 Å². The van der Waals surface area contributed by atoms with Gasteiger partial charge in [-0.3, -0.25) is 4.90 Å². The van der Waals surface area contributed by atoms with E-state index in [0.29, 0.717) is 18.0 Å². The van der Waals surface area contributed by atoms with Crippen molar-refractivity contribution in [2.24, 2.45) is 0 Å². The first-order chi connectivity index (χ1) is 14.9. The Bertz CT molecular complexity index is 798. The first-order valence-corrected chi connectivity index (χ1v) is 12.2. The SMILES string of the molecule is CC#N.CC(C)N(CCc1ccccc1)C(C)CCc1ccc(C2CC(Cl)C2Cl)cc1. The fourth-order valence-corrected chi connectivity index (χ4v) is 4.96. The van der Waals surface area contributed by atoms with Gasteiger partial charge in [0.1, 0.15) is 0 Å². The highest BCUT2D eigenvalue weighted by molar-refractivity contribution is 6.31. The van der Waals surface area contributed by atoms with Gasteiger partial charge in [0, 0.05) is 31.5 Å². The Labute approximate surface area is 199 Å². The molecule has 0 bridgehead atoms. The number of nitrogens with zero attached hydrogens (tertiary/aromatic N) is 2. The molecule has 0 heterocycles. The lowest BCUT2D eigenvalue weighted by molar-refractivity contribution is 0.158. The zero-order valence-corrected chi connectivity index (χ0v) is 20.8. The van der Waals surface area contributed by atoms with E-state index in [9.17, 15) is 0 Å². The molecule has 4 atom stereocenters. The molecular formula is C27H36Cl2N2. The summed E-state index contributed by atoms with van der Waals surface area (Å²) in [5.74, 6) is 0.423. The van der Waals surface area contributed by atoms with Crippen LogP contribution in [0.1, 0.15) is 63.1 Å². The van der Waals surface area contributed by atoms with Crippen LogP contribution in [-0.4, -0.2) is 34.3 Å². The van der Waals surface area contributed by atoms with E-state index in [1.54, 1.807) is 6.07 Å². The van der Waals surface area contributed by atoms with Crippen molar-refractivity contribution in [2.75, 3.05) is 6.54 Å². The van der Waals surface area contributed by atoms with Crippen LogP contribution in [0.25, 0.3) is 0 Å². The zero-order chi connectivity index (χ0) is 22.8. The third-order valence-corrected chi connectivity index (χ3v) is 7.39. The van der Waals surface area contributed by atoms with E-state index in [-0.39, 0.29) is 10.8 Å². The Balaban J connectivity index is 0.00000107. The first kappa shape index (κ1) is 25.7. The Morgan fingerprint density at radius 3 is 2.06 bits per heavy atom. The molecule has 0 spiro atoms. The Morgan fingerprint density at radius 1 is 0.968 bits per heavy atom. The monoisotopic (exact) mass is 458 g/mol. The molecule has 31 heavy (non-hydrogen) atoms. The van der Waals surface area contributed by atoms with Crippen LogP contribution in [0.15, 0.2) is 54.6 Å². The van der Waals surface area contributed by atoms with E-state index in [0.717, 1.165) is 25.8 Å². The fourth-order valence-electron chi connectivity index (χ4n) is 4.24. The third kappa shape index (κ3) is 7.83. The van der Waals surface area contributed by atoms with Crippen molar-refractivity contribution in [1.82, 2.24) is 4.90 Å². The molecule has 1 fully saturated rings. The van der Waals surface area contributed by atoms with Gasteiger partial charge in [0.15, 0.2) is 0 Å². The van der Waals surface area contributed by atoms with Crippen molar-refractivity contribution >= 4 is 23.2 Å². The lowest BCUT2D eigenvalue weighted by atomic mass is 9.78. The highest BCUT2D eigenvalue weighted by atomic mass is 35.5. The maximum atomic E-state index is 7.32. The largest absolute Gasteiger partial charge is 0.298 e. The summed E-state index contributed by atoms with van der Waals surface area (Å²) in [6.07, 6.45) is 4.40. The zero-order valence-electron chi connectivity index (χ0n) is 19.3. The summed E-state index contributed by atoms with van der Waals surface area (Å²) in [7, 11) is 0. The second-order valence-electron chi connectivity index (χ2n) is 8.72. The minimum Gasteiger partial charge on any atom is -0.298 e. The number of hydrogen-bond acceptors (Lipinski definition) is 2. The van der Waals surface area contributed by atoms with Gasteiger partial charge in [0.25, 0.3) is 0 Å². The molecule has 1 saturated carbocycles. The average Bonchev–Trinajstić information content (AvgIpc) is 2.77. The van der Waals surface area contributed by atoms with E-state index < -0.39 is 0 Å². The maximum absolute atomic E-state index is 7.32. The van der Waals surface area contributed by atoms with Crippen molar-refractivity contribution in [3.63, 3.8) is 0 Å². The van der Waals surface area contributed by atoms with E-state index in [1.807, 2.05) is 0 Å². The smallest absolute Gasteiger partial charge is 0.0587 e. The van der Waals surface area contributed by atoms with Crippen molar-refractivity contribution < 1.29 is 0 Å². The highest BCUT2D eigenvalue weighted by Crippen LogP contribution is 2.44. The fraction of sp³-hybridized carbons (Fsp3) is 0.519. The standard InChI is InChI=1S/C25H33Cl2N.C2H3N/c1-18(2)28(16-15-20-7-5-4-6-8-20)19(3)9-10-21-11-13-22(14-12-21)23-17-24(26)25(23)27;1-2-3/h4-8,11-14,18-19,23-25H,9-10,15-17H2,1-3H3;1H3. The highest BCUT2D eigenvalue weighted by Gasteiger charge is 2.39. The number of benzene rings is 2. The number of halogens is 2. The van der Waals surface area contributed by atoms with Crippen molar-refractivity contribution in [2.45, 2.75) is 82.1 Å². The molecule has 0 N–H and O–H groups in total. The summed E-state index contributed by atoms with van der Waals surface area (Å²) < 4.78 is 0. The topological polar surface area (TPSA) is 27.0 Å². The second-order valence-corrected chi connectivity index (χ2v) is 9.79. The summed E-state index contributed by atoms with van der Waals surface area (Å²) in [5, 5.41) is 7.53. The molecule has 168 valence electrons. The number of nitriles is 1. The Morgan fingerprint density at radius 2 is 1.55 bits per heavy atom. The predicted molar refractivity (Wildman–Crippen MR) is 134 cm³/mol. The van der Waals surface area contributed by atoms with Crippen LogP contribution in [0.5, 0.6) is 0 Å². The van der Waals surface area contributed by atoms with E-state index in [1.165, 1.54) is 30.0 Å². The van der Waals surface area contributed by atoms with Crippen molar-refractivity contribution in [3.8, 4) is 6.07 Å². The molecule has 3 rings (SSSR count). The minimum atomic E-state index is 0.0803. The van der Waals surface area contributed by atoms with Crippen LogP contribution in [-0.2, 0) is 12.8 Å². The van der Waals surface area contributed by atoms with Crippen LogP contribution in [0, 0.1) is 11.3 Å². The molecule has 1 aliphatic rings. The summed E-state index contributed by atoms with van der Waals surface area (Å²) in [5.41, 5.74) is 4.17. The van der Waals surface area contributed by atoms with E-state index in [4.69, 9.17) is 28.5 Å². The molecule has 0 aliphatic heterocycles. The third-order valence-electron chi connectivity index (χ3n) is 6.20. The summed E-state index contributed by atoms with van der Waals surface area (Å²) >= 11 is 12.5. The number of alkyl halides is 2. The molecule has 0 radical (unpaired) electrons. The molecule has 0 amide bonds.